The molecular formula is C14H16FN3OS. The lowest BCUT2D eigenvalue weighted by molar-refractivity contribution is -0.118. The van der Waals surface area contributed by atoms with Crippen molar-refractivity contribution in [2.24, 2.45) is 0 Å². The van der Waals surface area contributed by atoms with Gasteiger partial charge in [0.05, 0.1) is 11.9 Å². The second kappa shape index (κ2) is 7.19. The van der Waals surface area contributed by atoms with Crippen molar-refractivity contribution in [3.8, 4) is 0 Å². The van der Waals surface area contributed by atoms with Gasteiger partial charge < -0.3 is 0 Å². The molecule has 2 rings (SSSR count). The molecule has 20 heavy (non-hydrogen) atoms. The molecule has 0 spiro atoms. The van der Waals surface area contributed by atoms with E-state index in [1.54, 1.807) is 0 Å². The van der Waals surface area contributed by atoms with Crippen LogP contribution in [0.4, 0.5) is 3.89 Å². The predicted octanol–water partition coefficient (Wildman–Crippen LogP) is 2.97. The second-order valence-electron chi connectivity index (χ2n) is 4.57. The van der Waals surface area contributed by atoms with Crippen molar-refractivity contribution in [3.05, 3.63) is 47.3 Å². The summed E-state index contributed by atoms with van der Waals surface area (Å²) in [6, 6.07) is 8.08. The first-order valence-electron chi connectivity index (χ1n) is 6.51. The zero-order valence-corrected chi connectivity index (χ0v) is 12.1. The van der Waals surface area contributed by atoms with Crippen LogP contribution < -0.4 is 0 Å². The van der Waals surface area contributed by atoms with Crippen LogP contribution in [-0.2, 0) is 24.1 Å². The summed E-state index contributed by atoms with van der Waals surface area (Å²) in [5.41, 5.74) is 2.92. The van der Waals surface area contributed by atoms with Gasteiger partial charge in [-0.05, 0) is 17.5 Å². The molecule has 0 saturated heterocycles. The van der Waals surface area contributed by atoms with Gasteiger partial charge >= 0.3 is 0 Å². The molecule has 2 aromatic rings. The number of aromatic nitrogens is 3. The Labute approximate surface area is 121 Å². The molecule has 6 heteroatoms. The summed E-state index contributed by atoms with van der Waals surface area (Å²) in [6.45, 7) is 2.10. The summed E-state index contributed by atoms with van der Waals surface area (Å²) in [5, 5.41) is 7.35. The van der Waals surface area contributed by atoms with Gasteiger partial charge in [-0.25, -0.2) is 0 Å². The molecule has 0 aliphatic carbocycles. The van der Waals surface area contributed by atoms with Gasteiger partial charge in [-0.2, -0.15) is 4.09 Å². The largest absolute Gasteiger partial charge is 0.299 e. The van der Waals surface area contributed by atoms with Crippen molar-refractivity contribution in [2.75, 3.05) is 0 Å². The maximum atomic E-state index is 12.2. The Hall–Kier alpha value is -1.69. The lowest BCUT2D eigenvalue weighted by Crippen LogP contribution is -2.04. The summed E-state index contributed by atoms with van der Waals surface area (Å²) in [5.74, 6) is 0.150. The predicted molar refractivity (Wildman–Crippen MR) is 77.0 cm³/mol. The average Bonchev–Trinajstić information content (AvgIpc) is 2.94. The number of Topliss-reactive ketones (excluding diaryl/α,β-unsaturated/α-hetero) is 1. The number of ketones is 1. The minimum absolute atomic E-state index is 0.0119. The summed E-state index contributed by atoms with van der Waals surface area (Å²) in [6.07, 6.45) is 3.80. The van der Waals surface area contributed by atoms with E-state index < -0.39 is 0 Å². The standard InChI is InChI=1S/C14H16FN3OS/c1-2-11-3-5-12(6-4-11)9-14(19)8-7-13-10-18(20-15)17-16-13/h3-6,10H,2,7-9H2,1H3. The van der Waals surface area contributed by atoms with Gasteiger partial charge in [-0.3, -0.25) is 4.79 Å². The fourth-order valence-corrected chi connectivity index (χ4v) is 2.13. The number of carbonyl (C=O) groups is 1. The normalized spacial score (nSPS) is 10.7. The number of carbonyl (C=O) groups excluding carboxylic acids is 1. The van der Waals surface area contributed by atoms with Crippen LogP contribution in [0.15, 0.2) is 30.5 Å². The maximum absolute atomic E-state index is 12.2. The summed E-state index contributed by atoms with van der Waals surface area (Å²) < 4.78 is 13.2. The maximum Gasteiger partial charge on any atom is 0.188 e. The Kier molecular flexibility index (Phi) is 5.29. The Morgan fingerprint density at radius 1 is 1.30 bits per heavy atom. The van der Waals surface area contributed by atoms with Gasteiger partial charge in [0.25, 0.3) is 0 Å². The van der Waals surface area contributed by atoms with E-state index in [-0.39, 0.29) is 18.1 Å². The molecule has 0 N–H and O–H groups in total. The molecule has 0 fully saturated rings. The highest BCUT2D eigenvalue weighted by molar-refractivity contribution is 7.92. The summed E-state index contributed by atoms with van der Waals surface area (Å²) in [4.78, 5) is 11.9. The first kappa shape index (κ1) is 14.7. The number of rotatable bonds is 7. The molecular weight excluding hydrogens is 277 g/mol. The van der Waals surface area contributed by atoms with Crippen LogP contribution in [0, 0.1) is 0 Å². The molecule has 0 atom stereocenters. The number of benzene rings is 1. The quantitative estimate of drug-likeness (QED) is 0.787. The topological polar surface area (TPSA) is 47.8 Å². The molecule has 0 aliphatic rings. The first-order valence-corrected chi connectivity index (χ1v) is 7.18. The SMILES string of the molecule is CCc1ccc(CC(=O)CCc2cn(SF)nn2)cc1. The highest BCUT2D eigenvalue weighted by Gasteiger charge is 2.07. The van der Waals surface area contributed by atoms with Crippen LogP contribution in [0.3, 0.4) is 0 Å². The van der Waals surface area contributed by atoms with E-state index >= 15 is 0 Å². The van der Waals surface area contributed by atoms with E-state index in [4.69, 9.17) is 0 Å². The molecule has 4 nitrogen and oxygen atoms in total. The third kappa shape index (κ3) is 4.16. The Morgan fingerprint density at radius 2 is 2.00 bits per heavy atom. The lowest BCUT2D eigenvalue weighted by Gasteiger charge is -2.02. The molecule has 1 heterocycles. The molecule has 1 aromatic carbocycles. The highest BCUT2D eigenvalue weighted by Crippen LogP contribution is 2.09. The van der Waals surface area contributed by atoms with E-state index in [2.05, 4.69) is 17.2 Å². The number of halogens is 1. The molecule has 0 aliphatic heterocycles. The van der Waals surface area contributed by atoms with Crippen molar-refractivity contribution in [3.63, 3.8) is 0 Å². The average molecular weight is 293 g/mol. The van der Waals surface area contributed by atoms with E-state index in [1.165, 1.54) is 11.8 Å². The van der Waals surface area contributed by atoms with Gasteiger partial charge in [-0.1, -0.05) is 36.4 Å². The van der Waals surface area contributed by atoms with Gasteiger partial charge in [0.15, 0.2) is 12.3 Å². The van der Waals surface area contributed by atoms with Crippen LogP contribution in [-0.4, -0.2) is 20.2 Å². The lowest BCUT2D eigenvalue weighted by atomic mass is 10.0. The molecule has 106 valence electrons. The van der Waals surface area contributed by atoms with Gasteiger partial charge in [0.2, 0.25) is 0 Å². The van der Waals surface area contributed by atoms with Crippen LogP contribution in [0.2, 0.25) is 0 Å². The summed E-state index contributed by atoms with van der Waals surface area (Å²) >= 11 is -0.0119. The molecule has 0 amide bonds. The van der Waals surface area contributed by atoms with Gasteiger partial charge in [-0.15, -0.1) is 8.98 Å². The van der Waals surface area contributed by atoms with Crippen molar-refractivity contribution >= 4 is 18.1 Å². The van der Waals surface area contributed by atoms with Crippen molar-refractivity contribution in [1.29, 1.82) is 0 Å². The number of nitrogens with zero attached hydrogens (tertiary/aromatic N) is 3. The van der Waals surface area contributed by atoms with Crippen LogP contribution in [0.25, 0.3) is 0 Å². The molecule has 0 saturated carbocycles. The van der Waals surface area contributed by atoms with Crippen molar-refractivity contribution in [1.82, 2.24) is 14.4 Å². The highest BCUT2D eigenvalue weighted by atomic mass is 32.2. The minimum Gasteiger partial charge on any atom is -0.299 e. The Balaban J connectivity index is 1.82. The summed E-state index contributed by atoms with van der Waals surface area (Å²) in [7, 11) is 0. The van der Waals surface area contributed by atoms with Gasteiger partial charge in [0.1, 0.15) is 5.78 Å². The monoisotopic (exact) mass is 293 g/mol. The van der Waals surface area contributed by atoms with E-state index in [0.29, 0.717) is 25.0 Å². The zero-order chi connectivity index (χ0) is 14.4. The van der Waals surface area contributed by atoms with E-state index in [0.717, 1.165) is 16.1 Å². The first-order chi connectivity index (χ1) is 9.71. The van der Waals surface area contributed by atoms with Crippen molar-refractivity contribution < 1.29 is 8.68 Å². The fourth-order valence-electron chi connectivity index (χ4n) is 1.91. The second-order valence-corrected chi connectivity index (χ2v) is 5.08. The van der Waals surface area contributed by atoms with Gasteiger partial charge in [0, 0.05) is 19.3 Å². The molecule has 0 radical (unpaired) electrons. The fraction of sp³-hybridized carbons (Fsp3) is 0.357. The minimum atomic E-state index is -0.0119. The number of hydrogen-bond acceptors (Lipinski definition) is 4. The van der Waals surface area contributed by atoms with Crippen molar-refractivity contribution in [2.45, 2.75) is 32.6 Å². The molecule has 0 bridgehead atoms. The molecule has 1 aromatic heterocycles. The third-order valence-electron chi connectivity index (χ3n) is 3.08. The van der Waals surface area contributed by atoms with Crippen LogP contribution >= 0.6 is 12.3 Å². The third-order valence-corrected chi connectivity index (χ3v) is 3.40. The smallest absolute Gasteiger partial charge is 0.188 e. The molecule has 0 unspecified atom stereocenters. The van der Waals surface area contributed by atoms with Crippen LogP contribution in [0.1, 0.15) is 30.2 Å². The Morgan fingerprint density at radius 3 is 2.60 bits per heavy atom. The van der Waals surface area contributed by atoms with E-state index in [9.17, 15) is 8.68 Å². The van der Waals surface area contributed by atoms with Crippen LogP contribution in [0.5, 0.6) is 0 Å². The Bertz CT molecular complexity index is 568. The van der Waals surface area contributed by atoms with E-state index in [1.807, 2.05) is 24.3 Å². The number of hydrogen-bond donors (Lipinski definition) is 0. The number of aryl methyl sites for hydroxylation is 2. The zero-order valence-electron chi connectivity index (χ0n) is 11.3.